The van der Waals surface area contributed by atoms with Crippen LogP contribution in [-0.2, 0) is 6.54 Å². The molecule has 0 atom stereocenters. The van der Waals surface area contributed by atoms with Crippen LogP contribution in [0.3, 0.4) is 0 Å². The Hall–Kier alpha value is -1.84. The van der Waals surface area contributed by atoms with Gasteiger partial charge in [-0.05, 0) is 30.8 Å². The van der Waals surface area contributed by atoms with Crippen molar-refractivity contribution in [1.29, 1.82) is 0 Å². The van der Waals surface area contributed by atoms with Crippen LogP contribution >= 0.6 is 11.6 Å². The number of ether oxygens (including phenoxy) is 1. The van der Waals surface area contributed by atoms with Crippen molar-refractivity contribution < 1.29 is 9.53 Å². The molecular weight excluding hydrogens is 286 g/mol. The first-order valence-corrected chi connectivity index (χ1v) is 7.07. The van der Waals surface area contributed by atoms with E-state index in [2.05, 4.69) is 0 Å². The molecule has 2 rings (SSSR count). The third-order valence-corrected chi connectivity index (χ3v) is 3.59. The fourth-order valence-electron chi connectivity index (χ4n) is 2.18. The Labute approximate surface area is 130 Å². The average molecular weight is 304 g/mol. The second-order valence-corrected chi connectivity index (χ2v) is 5.29. The van der Waals surface area contributed by atoms with E-state index in [1.54, 1.807) is 19.2 Å². The monoisotopic (exact) mass is 303 g/mol. The summed E-state index contributed by atoms with van der Waals surface area (Å²) < 4.78 is 5.22. The number of hydrogen-bond donors (Lipinski definition) is 0. The molecule has 0 aliphatic heterocycles. The molecular formula is C17H18ClNO2. The second kappa shape index (κ2) is 7.25. The minimum atomic E-state index is 0.0296. The summed E-state index contributed by atoms with van der Waals surface area (Å²) in [7, 11) is 3.47. The largest absolute Gasteiger partial charge is 0.496 e. The summed E-state index contributed by atoms with van der Waals surface area (Å²) in [6.45, 7) is 0.937. The molecule has 0 heterocycles. The molecule has 21 heavy (non-hydrogen) atoms. The lowest BCUT2D eigenvalue weighted by molar-refractivity contribution is 0.0940. The number of hydrogen-bond acceptors (Lipinski definition) is 3. The van der Waals surface area contributed by atoms with Gasteiger partial charge in [0.05, 0.1) is 19.2 Å². The van der Waals surface area contributed by atoms with Crippen LogP contribution in [0.2, 0.25) is 5.02 Å². The van der Waals surface area contributed by atoms with Gasteiger partial charge in [-0.3, -0.25) is 9.69 Å². The molecule has 0 aromatic heterocycles. The van der Waals surface area contributed by atoms with Crippen LogP contribution < -0.4 is 4.74 Å². The van der Waals surface area contributed by atoms with E-state index in [4.69, 9.17) is 16.3 Å². The van der Waals surface area contributed by atoms with E-state index in [0.717, 1.165) is 5.56 Å². The lowest BCUT2D eigenvalue weighted by Gasteiger charge is -2.17. The van der Waals surface area contributed by atoms with Crippen LogP contribution in [-0.4, -0.2) is 31.4 Å². The van der Waals surface area contributed by atoms with Crippen molar-refractivity contribution in [2.45, 2.75) is 6.54 Å². The maximum absolute atomic E-state index is 12.4. The van der Waals surface area contributed by atoms with Gasteiger partial charge in [0.15, 0.2) is 5.78 Å². The molecule has 0 amide bonds. The van der Waals surface area contributed by atoms with Crippen LogP contribution in [0.4, 0.5) is 0 Å². The summed E-state index contributed by atoms with van der Waals surface area (Å²) in [5.74, 6) is 0.635. The molecule has 0 spiro atoms. The number of rotatable bonds is 6. The van der Waals surface area contributed by atoms with Crippen LogP contribution in [0.25, 0.3) is 0 Å². The maximum Gasteiger partial charge on any atom is 0.180 e. The Morgan fingerprint density at radius 2 is 1.81 bits per heavy atom. The number of nitrogens with zero attached hydrogens (tertiary/aromatic N) is 1. The first kappa shape index (κ1) is 15.5. The Bertz CT molecular complexity index is 628. The van der Waals surface area contributed by atoms with Crippen LogP contribution in [0.15, 0.2) is 48.5 Å². The van der Waals surface area contributed by atoms with E-state index in [1.165, 1.54) is 0 Å². The van der Waals surface area contributed by atoms with Gasteiger partial charge in [-0.2, -0.15) is 0 Å². The van der Waals surface area contributed by atoms with Gasteiger partial charge in [-0.15, -0.1) is 0 Å². The van der Waals surface area contributed by atoms with Crippen molar-refractivity contribution in [3.05, 3.63) is 64.7 Å². The van der Waals surface area contributed by atoms with E-state index < -0.39 is 0 Å². The molecule has 0 N–H and O–H groups in total. The topological polar surface area (TPSA) is 29.5 Å². The van der Waals surface area contributed by atoms with Gasteiger partial charge in [0.25, 0.3) is 0 Å². The third kappa shape index (κ3) is 4.06. The van der Waals surface area contributed by atoms with Crippen LogP contribution in [0.1, 0.15) is 15.9 Å². The smallest absolute Gasteiger partial charge is 0.180 e. The highest BCUT2D eigenvalue weighted by atomic mass is 35.5. The van der Waals surface area contributed by atoms with Crippen molar-refractivity contribution in [2.24, 2.45) is 0 Å². The number of ketones is 1. The molecule has 2 aromatic carbocycles. The number of carbonyl (C=O) groups is 1. The van der Waals surface area contributed by atoms with Gasteiger partial charge in [-0.1, -0.05) is 41.9 Å². The summed E-state index contributed by atoms with van der Waals surface area (Å²) in [5.41, 5.74) is 1.61. The van der Waals surface area contributed by atoms with Gasteiger partial charge < -0.3 is 4.74 Å². The second-order valence-electron chi connectivity index (χ2n) is 4.89. The highest BCUT2D eigenvalue weighted by Gasteiger charge is 2.14. The van der Waals surface area contributed by atoms with E-state index in [1.807, 2.05) is 48.3 Å². The Kier molecular flexibility index (Phi) is 5.37. The summed E-state index contributed by atoms with van der Waals surface area (Å²) in [5, 5.41) is 0.717. The normalized spacial score (nSPS) is 10.7. The average Bonchev–Trinajstić information content (AvgIpc) is 2.49. The molecule has 0 saturated carbocycles. The number of likely N-dealkylation sites (N-methyl/N-ethyl adjacent to an activating group) is 1. The number of methoxy groups -OCH3 is 1. The van der Waals surface area contributed by atoms with Crippen LogP contribution in [0.5, 0.6) is 5.75 Å². The van der Waals surface area contributed by atoms with E-state index >= 15 is 0 Å². The number of benzene rings is 2. The Balaban J connectivity index is 2.04. The molecule has 2 aromatic rings. The fourth-order valence-corrected chi connectivity index (χ4v) is 2.37. The minimum Gasteiger partial charge on any atom is -0.496 e. The molecule has 110 valence electrons. The van der Waals surface area contributed by atoms with Gasteiger partial charge in [0.2, 0.25) is 0 Å². The van der Waals surface area contributed by atoms with Crippen molar-refractivity contribution >= 4 is 17.4 Å². The Morgan fingerprint density at radius 3 is 2.52 bits per heavy atom. The summed E-state index contributed by atoms with van der Waals surface area (Å²) in [4.78, 5) is 14.3. The highest BCUT2D eigenvalue weighted by Crippen LogP contribution is 2.19. The SMILES string of the molecule is COc1ccccc1C(=O)CN(C)Cc1ccccc1Cl. The zero-order valence-electron chi connectivity index (χ0n) is 12.2. The first-order valence-electron chi connectivity index (χ1n) is 6.70. The molecule has 3 nitrogen and oxygen atoms in total. The third-order valence-electron chi connectivity index (χ3n) is 3.22. The fraction of sp³-hybridized carbons (Fsp3) is 0.235. The van der Waals surface area contributed by atoms with Gasteiger partial charge in [-0.25, -0.2) is 0 Å². The molecule has 4 heteroatoms. The van der Waals surface area contributed by atoms with Crippen molar-refractivity contribution in [1.82, 2.24) is 4.90 Å². The zero-order valence-corrected chi connectivity index (χ0v) is 12.9. The molecule has 0 unspecified atom stereocenters. The number of Topliss-reactive ketones (excluding diaryl/α,β-unsaturated/α-hetero) is 1. The van der Waals surface area contributed by atoms with E-state index in [-0.39, 0.29) is 5.78 Å². The van der Waals surface area contributed by atoms with Gasteiger partial charge in [0, 0.05) is 11.6 Å². The molecule has 0 radical (unpaired) electrons. The predicted molar refractivity (Wildman–Crippen MR) is 85.1 cm³/mol. The number of halogens is 1. The zero-order chi connectivity index (χ0) is 15.2. The van der Waals surface area contributed by atoms with Gasteiger partial charge >= 0.3 is 0 Å². The maximum atomic E-state index is 12.4. The molecule has 0 aliphatic carbocycles. The standard InChI is InChI=1S/C17H18ClNO2/c1-19(11-13-7-3-5-9-15(13)18)12-16(20)14-8-4-6-10-17(14)21-2/h3-10H,11-12H2,1-2H3. The Morgan fingerprint density at radius 1 is 1.14 bits per heavy atom. The van der Waals surface area contributed by atoms with E-state index in [0.29, 0.717) is 29.4 Å². The summed E-state index contributed by atoms with van der Waals surface area (Å²) in [6, 6.07) is 14.9. The van der Waals surface area contributed by atoms with Crippen LogP contribution in [0, 0.1) is 0 Å². The van der Waals surface area contributed by atoms with Crippen molar-refractivity contribution in [3.8, 4) is 5.75 Å². The molecule has 0 bridgehead atoms. The lowest BCUT2D eigenvalue weighted by atomic mass is 10.1. The van der Waals surface area contributed by atoms with Crippen molar-refractivity contribution in [3.63, 3.8) is 0 Å². The number of para-hydroxylation sites is 1. The predicted octanol–water partition coefficient (Wildman–Crippen LogP) is 3.66. The quantitative estimate of drug-likeness (QED) is 0.763. The summed E-state index contributed by atoms with van der Waals surface area (Å²) >= 11 is 6.14. The minimum absolute atomic E-state index is 0.0296. The molecule has 0 fully saturated rings. The number of carbonyl (C=O) groups excluding carboxylic acids is 1. The highest BCUT2D eigenvalue weighted by molar-refractivity contribution is 6.31. The molecule has 0 saturated heterocycles. The van der Waals surface area contributed by atoms with Gasteiger partial charge in [0.1, 0.15) is 5.75 Å². The van der Waals surface area contributed by atoms with Crippen molar-refractivity contribution in [2.75, 3.05) is 20.7 Å². The summed E-state index contributed by atoms with van der Waals surface area (Å²) in [6.07, 6.45) is 0. The molecule has 0 aliphatic rings. The van der Waals surface area contributed by atoms with E-state index in [9.17, 15) is 4.79 Å². The first-order chi connectivity index (χ1) is 10.1. The lowest BCUT2D eigenvalue weighted by Crippen LogP contribution is -2.26.